The second kappa shape index (κ2) is 7.99. The fraction of sp³-hybridized carbons (Fsp3) is 0.333. The fourth-order valence-electron chi connectivity index (χ4n) is 2.26. The monoisotopic (exact) mass is 357 g/mol. The molecular formula is C18H19N3O3S. The lowest BCUT2D eigenvalue weighted by molar-refractivity contribution is -0.127. The fourth-order valence-corrected chi connectivity index (χ4v) is 3.20. The SMILES string of the molecule is CC(=O)c1cc(C#N)c(SCC(=O)N(C)Cc2ccc(C)o2)nc1C. The average molecular weight is 357 g/mol. The van der Waals surface area contributed by atoms with Crippen LogP contribution in [0.1, 0.15) is 40.1 Å². The topological polar surface area (TPSA) is 87.2 Å². The maximum absolute atomic E-state index is 12.3. The highest BCUT2D eigenvalue weighted by molar-refractivity contribution is 7.99. The van der Waals surface area contributed by atoms with E-state index in [0.29, 0.717) is 28.4 Å². The van der Waals surface area contributed by atoms with Gasteiger partial charge in [0, 0.05) is 18.3 Å². The molecule has 0 aromatic carbocycles. The number of ketones is 1. The third-order valence-corrected chi connectivity index (χ3v) is 4.60. The minimum absolute atomic E-state index is 0.0990. The molecule has 0 fully saturated rings. The molecule has 6 nitrogen and oxygen atoms in total. The molecule has 25 heavy (non-hydrogen) atoms. The zero-order chi connectivity index (χ0) is 18.6. The zero-order valence-electron chi connectivity index (χ0n) is 14.6. The molecule has 0 saturated carbocycles. The molecule has 0 bridgehead atoms. The normalized spacial score (nSPS) is 10.4. The number of aromatic nitrogens is 1. The molecule has 0 atom stereocenters. The smallest absolute Gasteiger partial charge is 0.233 e. The lowest BCUT2D eigenvalue weighted by Crippen LogP contribution is -2.27. The van der Waals surface area contributed by atoms with Crippen LogP contribution in [-0.2, 0) is 11.3 Å². The Morgan fingerprint density at radius 3 is 2.64 bits per heavy atom. The van der Waals surface area contributed by atoms with Crippen molar-refractivity contribution >= 4 is 23.5 Å². The van der Waals surface area contributed by atoms with Crippen LogP contribution in [-0.4, -0.2) is 34.4 Å². The summed E-state index contributed by atoms with van der Waals surface area (Å²) in [5, 5.41) is 9.72. The van der Waals surface area contributed by atoms with E-state index in [1.807, 2.05) is 25.1 Å². The summed E-state index contributed by atoms with van der Waals surface area (Å²) in [5.41, 5.74) is 1.29. The number of pyridine rings is 1. The summed E-state index contributed by atoms with van der Waals surface area (Å²) in [6.07, 6.45) is 0. The highest BCUT2D eigenvalue weighted by atomic mass is 32.2. The summed E-state index contributed by atoms with van der Waals surface area (Å²) in [6.45, 7) is 5.39. The van der Waals surface area contributed by atoms with E-state index in [-0.39, 0.29) is 17.4 Å². The number of carbonyl (C=O) groups excluding carboxylic acids is 2. The molecule has 2 aromatic rings. The Balaban J connectivity index is 2.05. The van der Waals surface area contributed by atoms with Gasteiger partial charge < -0.3 is 9.32 Å². The third kappa shape index (κ3) is 4.70. The van der Waals surface area contributed by atoms with Crippen molar-refractivity contribution in [3.8, 4) is 6.07 Å². The van der Waals surface area contributed by atoms with Crippen molar-refractivity contribution in [3.05, 3.63) is 46.5 Å². The molecule has 1 amide bonds. The Morgan fingerprint density at radius 2 is 2.08 bits per heavy atom. The van der Waals surface area contributed by atoms with Crippen LogP contribution in [0, 0.1) is 25.2 Å². The first-order chi connectivity index (χ1) is 11.8. The van der Waals surface area contributed by atoms with Gasteiger partial charge in [0.1, 0.15) is 22.6 Å². The zero-order valence-corrected chi connectivity index (χ0v) is 15.4. The van der Waals surface area contributed by atoms with Gasteiger partial charge in [-0.1, -0.05) is 11.8 Å². The number of Topliss-reactive ketones (excluding diaryl/α,β-unsaturated/α-hetero) is 1. The molecule has 2 heterocycles. The molecule has 0 spiro atoms. The highest BCUT2D eigenvalue weighted by Gasteiger charge is 2.16. The van der Waals surface area contributed by atoms with Crippen LogP contribution in [0.4, 0.5) is 0 Å². The molecule has 2 rings (SSSR count). The van der Waals surface area contributed by atoms with Gasteiger partial charge in [-0.25, -0.2) is 4.98 Å². The summed E-state index contributed by atoms with van der Waals surface area (Å²) in [7, 11) is 1.70. The van der Waals surface area contributed by atoms with Gasteiger partial charge >= 0.3 is 0 Å². The molecule has 0 aliphatic heterocycles. The predicted molar refractivity (Wildman–Crippen MR) is 94.3 cm³/mol. The first kappa shape index (κ1) is 18.7. The van der Waals surface area contributed by atoms with E-state index < -0.39 is 0 Å². The number of carbonyl (C=O) groups is 2. The highest BCUT2D eigenvalue weighted by Crippen LogP contribution is 2.23. The standard InChI is InChI=1S/C18H19N3O3S/c1-11-5-6-15(24-11)9-21(4)17(23)10-25-18-14(8-19)7-16(13(3)22)12(2)20-18/h5-7H,9-10H2,1-4H3. The van der Waals surface area contributed by atoms with Gasteiger partial charge in [-0.15, -0.1) is 0 Å². The number of hydrogen-bond donors (Lipinski definition) is 0. The molecular weight excluding hydrogens is 338 g/mol. The first-order valence-corrected chi connectivity index (χ1v) is 8.65. The molecule has 0 unspecified atom stereocenters. The maximum atomic E-state index is 12.3. The number of furan rings is 1. The third-order valence-electron chi connectivity index (χ3n) is 3.63. The van der Waals surface area contributed by atoms with E-state index in [2.05, 4.69) is 4.98 Å². The van der Waals surface area contributed by atoms with Crippen molar-refractivity contribution in [2.24, 2.45) is 0 Å². The van der Waals surface area contributed by atoms with Crippen LogP contribution in [0.2, 0.25) is 0 Å². The van der Waals surface area contributed by atoms with Gasteiger partial charge in [-0.05, 0) is 39.0 Å². The number of amides is 1. The Labute approximate surface area is 150 Å². The Morgan fingerprint density at radius 1 is 1.36 bits per heavy atom. The molecule has 0 aliphatic rings. The first-order valence-electron chi connectivity index (χ1n) is 7.66. The van der Waals surface area contributed by atoms with Crippen molar-refractivity contribution in [2.75, 3.05) is 12.8 Å². The Bertz CT molecular complexity index is 852. The number of thioether (sulfide) groups is 1. The number of nitriles is 1. The van der Waals surface area contributed by atoms with Gasteiger partial charge in [0.05, 0.1) is 17.9 Å². The van der Waals surface area contributed by atoms with E-state index in [0.717, 1.165) is 11.5 Å². The minimum atomic E-state index is -0.136. The van der Waals surface area contributed by atoms with Crippen molar-refractivity contribution < 1.29 is 14.0 Å². The van der Waals surface area contributed by atoms with E-state index in [4.69, 9.17) is 4.42 Å². The summed E-state index contributed by atoms with van der Waals surface area (Å²) >= 11 is 1.19. The summed E-state index contributed by atoms with van der Waals surface area (Å²) in [4.78, 5) is 29.7. The van der Waals surface area contributed by atoms with Crippen LogP contribution in [0.25, 0.3) is 0 Å². The average Bonchev–Trinajstić information content (AvgIpc) is 2.97. The summed E-state index contributed by atoms with van der Waals surface area (Å²) in [5.74, 6) is 1.43. The molecule has 0 radical (unpaired) electrons. The van der Waals surface area contributed by atoms with Crippen molar-refractivity contribution in [1.29, 1.82) is 5.26 Å². The van der Waals surface area contributed by atoms with Crippen LogP contribution >= 0.6 is 11.8 Å². The second-order valence-corrected chi connectivity index (χ2v) is 6.66. The molecule has 0 N–H and O–H groups in total. The van der Waals surface area contributed by atoms with E-state index >= 15 is 0 Å². The van der Waals surface area contributed by atoms with Crippen LogP contribution in [0.5, 0.6) is 0 Å². The van der Waals surface area contributed by atoms with Crippen molar-refractivity contribution in [3.63, 3.8) is 0 Å². The number of nitrogens with zero attached hydrogens (tertiary/aromatic N) is 3. The van der Waals surface area contributed by atoms with Crippen LogP contribution in [0.15, 0.2) is 27.6 Å². The molecule has 2 aromatic heterocycles. The van der Waals surface area contributed by atoms with E-state index in [9.17, 15) is 14.9 Å². The maximum Gasteiger partial charge on any atom is 0.233 e. The van der Waals surface area contributed by atoms with E-state index in [1.54, 1.807) is 18.9 Å². The number of aryl methyl sites for hydroxylation is 2. The van der Waals surface area contributed by atoms with Crippen molar-refractivity contribution in [2.45, 2.75) is 32.3 Å². The molecule has 0 aliphatic carbocycles. The lowest BCUT2D eigenvalue weighted by atomic mass is 10.1. The second-order valence-electron chi connectivity index (χ2n) is 5.69. The predicted octanol–water partition coefficient (Wildman–Crippen LogP) is 3.12. The Hall–Kier alpha value is -2.59. The van der Waals surface area contributed by atoms with Gasteiger partial charge in [-0.2, -0.15) is 5.26 Å². The number of hydrogen-bond acceptors (Lipinski definition) is 6. The van der Waals surface area contributed by atoms with Gasteiger partial charge in [-0.3, -0.25) is 9.59 Å². The molecule has 7 heteroatoms. The van der Waals surface area contributed by atoms with E-state index in [1.165, 1.54) is 24.8 Å². The van der Waals surface area contributed by atoms with Crippen LogP contribution < -0.4 is 0 Å². The van der Waals surface area contributed by atoms with Gasteiger partial charge in [0.25, 0.3) is 0 Å². The van der Waals surface area contributed by atoms with Crippen molar-refractivity contribution in [1.82, 2.24) is 9.88 Å². The van der Waals surface area contributed by atoms with Gasteiger partial charge in [0.2, 0.25) is 5.91 Å². The quantitative estimate of drug-likeness (QED) is 0.583. The number of rotatable bonds is 6. The largest absolute Gasteiger partial charge is 0.464 e. The molecule has 0 saturated heterocycles. The van der Waals surface area contributed by atoms with Crippen LogP contribution in [0.3, 0.4) is 0 Å². The minimum Gasteiger partial charge on any atom is -0.464 e. The molecule has 130 valence electrons. The summed E-state index contributed by atoms with van der Waals surface area (Å²) in [6, 6.07) is 7.26. The van der Waals surface area contributed by atoms with Gasteiger partial charge in [0.15, 0.2) is 5.78 Å². The summed E-state index contributed by atoms with van der Waals surface area (Å²) < 4.78 is 5.47. The Kier molecular flexibility index (Phi) is 5.99. The lowest BCUT2D eigenvalue weighted by Gasteiger charge is -2.15.